The van der Waals surface area contributed by atoms with Crippen molar-refractivity contribution in [3.63, 3.8) is 0 Å². The molecule has 0 bridgehead atoms. The Kier molecular flexibility index (Phi) is 6.36. The Bertz CT molecular complexity index is 458. The summed E-state index contributed by atoms with van der Waals surface area (Å²) >= 11 is 0. The Morgan fingerprint density at radius 2 is 2.00 bits per heavy atom. The molecule has 122 valence electrons. The van der Waals surface area contributed by atoms with Crippen LogP contribution in [0, 0.1) is 5.92 Å². The van der Waals surface area contributed by atoms with Crippen molar-refractivity contribution < 1.29 is 9.90 Å². The van der Waals surface area contributed by atoms with Crippen LogP contribution in [0.2, 0.25) is 0 Å². The van der Waals surface area contributed by atoms with Gasteiger partial charge in [0, 0.05) is 13.1 Å². The SMILES string of the molecule is CN(CC(N)=O)CC1CCN(C[C@H](O)c2ccccc2)CC1. The molecule has 1 atom stereocenters. The number of likely N-dealkylation sites (tertiary alicyclic amines) is 1. The molecule has 0 unspecified atom stereocenters. The Morgan fingerprint density at radius 1 is 1.36 bits per heavy atom. The first kappa shape index (κ1) is 16.9. The van der Waals surface area contributed by atoms with Crippen molar-refractivity contribution in [2.45, 2.75) is 18.9 Å². The predicted molar refractivity (Wildman–Crippen MR) is 87.3 cm³/mol. The molecule has 1 aromatic rings. The molecule has 22 heavy (non-hydrogen) atoms. The highest BCUT2D eigenvalue weighted by Crippen LogP contribution is 2.21. The number of benzene rings is 1. The predicted octanol–water partition coefficient (Wildman–Crippen LogP) is 0.849. The number of aliphatic hydroxyl groups excluding tert-OH is 1. The molecule has 2 rings (SSSR count). The fourth-order valence-corrected chi connectivity index (χ4v) is 3.15. The molecule has 1 amide bonds. The number of nitrogens with zero attached hydrogens (tertiary/aromatic N) is 2. The molecule has 1 aliphatic heterocycles. The molecular formula is C17H27N3O2. The largest absolute Gasteiger partial charge is 0.387 e. The number of β-amino-alcohol motifs (C(OH)–C–C–N with tert-alkyl or cyclic N) is 1. The minimum atomic E-state index is -0.421. The average molecular weight is 305 g/mol. The number of hydrogen-bond donors (Lipinski definition) is 2. The Labute approximate surface area is 132 Å². The lowest BCUT2D eigenvalue weighted by Gasteiger charge is -2.34. The van der Waals surface area contributed by atoms with Crippen molar-refractivity contribution in [3.05, 3.63) is 35.9 Å². The van der Waals surface area contributed by atoms with E-state index >= 15 is 0 Å². The first-order chi connectivity index (χ1) is 10.5. The molecule has 5 heteroatoms. The van der Waals surface area contributed by atoms with E-state index in [-0.39, 0.29) is 5.91 Å². The van der Waals surface area contributed by atoms with Crippen molar-refractivity contribution in [2.75, 3.05) is 39.8 Å². The fraction of sp³-hybridized carbons (Fsp3) is 0.588. The van der Waals surface area contributed by atoms with Gasteiger partial charge in [0.1, 0.15) is 0 Å². The van der Waals surface area contributed by atoms with Crippen LogP contribution in [-0.2, 0) is 4.79 Å². The summed E-state index contributed by atoms with van der Waals surface area (Å²) in [7, 11) is 1.94. The lowest BCUT2D eigenvalue weighted by molar-refractivity contribution is -0.119. The van der Waals surface area contributed by atoms with E-state index in [0.29, 0.717) is 19.0 Å². The molecule has 1 fully saturated rings. The van der Waals surface area contributed by atoms with Gasteiger partial charge in [-0.15, -0.1) is 0 Å². The van der Waals surface area contributed by atoms with Crippen molar-refractivity contribution in [1.29, 1.82) is 0 Å². The third-order valence-electron chi connectivity index (χ3n) is 4.32. The van der Waals surface area contributed by atoms with Gasteiger partial charge in [-0.2, -0.15) is 0 Å². The van der Waals surface area contributed by atoms with Gasteiger partial charge in [-0.25, -0.2) is 0 Å². The highest BCUT2D eigenvalue weighted by Gasteiger charge is 2.22. The maximum Gasteiger partial charge on any atom is 0.231 e. The van der Waals surface area contributed by atoms with Crippen molar-refractivity contribution >= 4 is 5.91 Å². The zero-order chi connectivity index (χ0) is 15.9. The first-order valence-corrected chi connectivity index (χ1v) is 7.97. The Balaban J connectivity index is 1.72. The van der Waals surface area contributed by atoms with Crippen LogP contribution < -0.4 is 5.73 Å². The molecular weight excluding hydrogens is 278 g/mol. The molecule has 0 spiro atoms. The molecule has 0 radical (unpaired) electrons. The number of aliphatic hydroxyl groups is 1. The number of carbonyl (C=O) groups excluding carboxylic acids is 1. The van der Waals surface area contributed by atoms with Gasteiger partial charge in [-0.05, 0) is 44.5 Å². The lowest BCUT2D eigenvalue weighted by atomic mass is 9.95. The summed E-state index contributed by atoms with van der Waals surface area (Å²) in [5.74, 6) is 0.334. The quantitative estimate of drug-likeness (QED) is 0.783. The van der Waals surface area contributed by atoms with E-state index in [1.165, 1.54) is 0 Å². The first-order valence-electron chi connectivity index (χ1n) is 7.97. The smallest absolute Gasteiger partial charge is 0.231 e. The summed E-state index contributed by atoms with van der Waals surface area (Å²) in [6, 6.07) is 9.81. The van der Waals surface area contributed by atoms with Crippen LogP contribution in [0.3, 0.4) is 0 Å². The third kappa shape index (κ3) is 5.40. The molecule has 0 saturated carbocycles. The number of nitrogens with two attached hydrogens (primary N) is 1. The van der Waals surface area contributed by atoms with Crippen molar-refractivity contribution in [1.82, 2.24) is 9.80 Å². The molecule has 0 aliphatic carbocycles. The van der Waals surface area contributed by atoms with E-state index in [9.17, 15) is 9.90 Å². The average Bonchev–Trinajstić information content (AvgIpc) is 2.49. The standard InChI is InChI=1S/C17H27N3O2/c1-19(13-17(18)22)11-14-7-9-20(10-8-14)12-16(21)15-5-3-2-4-6-15/h2-6,14,16,21H,7-13H2,1H3,(H2,18,22)/t16-/m0/s1. The van der Waals surface area contributed by atoms with E-state index in [2.05, 4.69) is 4.90 Å². The second kappa shape index (κ2) is 8.27. The Morgan fingerprint density at radius 3 is 2.59 bits per heavy atom. The number of amides is 1. The van der Waals surface area contributed by atoms with Crippen LogP contribution in [0.5, 0.6) is 0 Å². The van der Waals surface area contributed by atoms with Crippen LogP contribution in [0.15, 0.2) is 30.3 Å². The monoisotopic (exact) mass is 305 g/mol. The normalized spacial score (nSPS) is 18.5. The molecule has 5 nitrogen and oxygen atoms in total. The molecule has 1 heterocycles. The van der Waals surface area contributed by atoms with Gasteiger partial charge in [-0.3, -0.25) is 9.69 Å². The number of carbonyl (C=O) groups is 1. The highest BCUT2D eigenvalue weighted by molar-refractivity contribution is 5.75. The summed E-state index contributed by atoms with van der Waals surface area (Å²) < 4.78 is 0. The van der Waals surface area contributed by atoms with Gasteiger partial charge >= 0.3 is 0 Å². The van der Waals surface area contributed by atoms with Crippen molar-refractivity contribution in [3.8, 4) is 0 Å². The minimum absolute atomic E-state index is 0.272. The van der Waals surface area contributed by atoms with Crippen LogP contribution in [-0.4, -0.2) is 60.6 Å². The second-order valence-electron chi connectivity index (χ2n) is 6.33. The summed E-state index contributed by atoms with van der Waals surface area (Å²) in [6.07, 6.45) is 1.78. The molecule has 3 N–H and O–H groups in total. The van der Waals surface area contributed by atoms with Crippen molar-refractivity contribution in [2.24, 2.45) is 11.7 Å². The van der Waals surface area contributed by atoms with Crippen LogP contribution in [0.1, 0.15) is 24.5 Å². The number of primary amides is 1. The zero-order valence-corrected chi connectivity index (χ0v) is 13.3. The second-order valence-corrected chi connectivity index (χ2v) is 6.33. The van der Waals surface area contributed by atoms with Gasteiger partial charge in [0.05, 0.1) is 12.6 Å². The lowest BCUT2D eigenvalue weighted by Crippen LogP contribution is -2.41. The topological polar surface area (TPSA) is 69.8 Å². The highest BCUT2D eigenvalue weighted by atomic mass is 16.3. The number of piperidine rings is 1. The Hall–Kier alpha value is -1.43. The van der Waals surface area contributed by atoms with E-state index in [0.717, 1.165) is 38.0 Å². The van der Waals surface area contributed by atoms with Gasteiger partial charge in [0.2, 0.25) is 5.91 Å². The maximum atomic E-state index is 10.9. The van der Waals surface area contributed by atoms with Crippen LogP contribution in [0.4, 0.5) is 0 Å². The third-order valence-corrected chi connectivity index (χ3v) is 4.32. The fourth-order valence-electron chi connectivity index (χ4n) is 3.15. The van der Waals surface area contributed by atoms with E-state index < -0.39 is 6.10 Å². The van der Waals surface area contributed by atoms with E-state index in [1.807, 2.05) is 42.3 Å². The zero-order valence-electron chi connectivity index (χ0n) is 13.3. The van der Waals surface area contributed by atoms with Crippen LogP contribution in [0.25, 0.3) is 0 Å². The summed E-state index contributed by atoms with van der Waals surface area (Å²) in [4.78, 5) is 15.2. The van der Waals surface area contributed by atoms with Gasteiger partial charge in [-0.1, -0.05) is 30.3 Å². The van der Waals surface area contributed by atoms with E-state index in [4.69, 9.17) is 5.73 Å². The molecule has 0 aromatic heterocycles. The van der Waals surface area contributed by atoms with Gasteiger partial charge in [0.15, 0.2) is 0 Å². The molecule has 1 aromatic carbocycles. The summed E-state index contributed by atoms with van der Waals surface area (Å²) in [5, 5.41) is 10.3. The maximum absolute atomic E-state index is 10.9. The van der Waals surface area contributed by atoms with Gasteiger partial charge in [0.25, 0.3) is 0 Å². The van der Waals surface area contributed by atoms with E-state index in [1.54, 1.807) is 0 Å². The minimum Gasteiger partial charge on any atom is -0.387 e. The van der Waals surface area contributed by atoms with Gasteiger partial charge < -0.3 is 15.7 Å². The molecule has 1 saturated heterocycles. The number of hydrogen-bond acceptors (Lipinski definition) is 4. The number of rotatable bonds is 7. The molecule has 1 aliphatic rings. The summed E-state index contributed by atoms with van der Waals surface area (Å²) in [5.41, 5.74) is 6.19. The van der Waals surface area contributed by atoms with Crippen LogP contribution >= 0.6 is 0 Å². The number of likely N-dealkylation sites (N-methyl/N-ethyl adjacent to an activating group) is 1. The summed E-state index contributed by atoms with van der Waals surface area (Å²) in [6.45, 7) is 3.93.